The molecule has 9 nitrogen and oxygen atoms in total. The second kappa shape index (κ2) is 9.76. The molecule has 0 saturated carbocycles. The van der Waals surface area contributed by atoms with E-state index in [1.165, 1.54) is 11.8 Å². The van der Waals surface area contributed by atoms with Crippen LogP contribution in [0.2, 0.25) is 5.02 Å². The van der Waals surface area contributed by atoms with Gasteiger partial charge in [-0.3, -0.25) is 14.6 Å². The lowest BCUT2D eigenvalue weighted by molar-refractivity contribution is -0.113. The molecule has 2 aliphatic heterocycles. The number of carbonyl (C=O) groups excluding carboxylic acids is 1. The van der Waals surface area contributed by atoms with Crippen LogP contribution in [0.4, 0.5) is 5.82 Å². The molecule has 5 heterocycles. The number of hydrogen-bond acceptors (Lipinski definition) is 8. The summed E-state index contributed by atoms with van der Waals surface area (Å²) in [6, 6.07) is 5.10. The summed E-state index contributed by atoms with van der Waals surface area (Å²) in [5.74, 6) is 1.44. The number of thioether (sulfide) groups is 1. The summed E-state index contributed by atoms with van der Waals surface area (Å²) < 4.78 is 1.76. The number of hydrogen-bond donors (Lipinski definition) is 2. The van der Waals surface area contributed by atoms with Crippen molar-refractivity contribution in [1.29, 1.82) is 0 Å². The van der Waals surface area contributed by atoms with E-state index in [9.17, 15) is 9.59 Å². The number of carbonyl (C=O) groups is 1. The zero-order valence-electron chi connectivity index (χ0n) is 18.0. The van der Waals surface area contributed by atoms with E-state index in [4.69, 9.17) is 11.6 Å². The van der Waals surface area contributed by atoms with Crippen molar-refractivity contribution in [3.05, 3.63) is 51.7 Å². The number of halogens is 1. The molecule has 33 heavy (non-hydrogen) atoms. The van der Waals surface area contributed by atoms with Gasteiger partial charge in [0, 0.05) is 38.4 Å². The lowest BCUT2D eigenvalue weighted by atomic mass is 10.1. The van der Waals surface area contributed by atoms with Crippen LogP contribution in [0.3, 0.4) is 0 Å². The number of likely N-dealkylation sites (tertiary alicyclic amines) is 1. The fourth-order valence-electron chi connectivity index (χ4n) is 4.29. The highest BCUT2D eigenvalue weighted by Gasteiger charge is 2.22. The maximum Gasteiger partial charge on any atom is 0.251 e. The minimum absolute atomic E-state index is 0.0373. The van der Waals surface area contributed by atoms with Gasteiger partial charge in [-0.2, -0.15) is 0 Å². The Hall–Kier alpha value is -2.53. The predicted molar refractivity (Wildman–Crippen MR) is 129 cm³/mol. The zero-order valence-corrected chi connectivity index (χ0v) is 19.5. The number of aromatic nitrogens is 4. The molecular formula is C22H24ClN7O2S. The van der Waals surface area contributed by atoms with Crippen LogP contribution in [0.25, 0.3) is 11.0 Å². The van der Waals surface area contributed by atoms with E-state index in [1.807, 2.05) is 0 Å². The summed E-state index contributed by atoms with van der Waals surface area (Å²) in [5.41, 5.74) is 2.32. The summed E-state index contributed by atoms with van der Waals surface area (Å²) in [6.07, 6.45) is 4.47. The van der Waals surface area contributed by atoms with Crippen molar-refractivity contribution in [3.63, 3.8) is 0 Å². The Morgan fingerprint density at radius 3 is 3.03 bits per heavy atom. The van der Waals surface area contributed by atoms with E-state index in [-0.39, 0.29) is 11.5 Å². The number of pyridine rings is 2. The van der Waals surface area contributed by atoms with Crippen molar-refractivity contribution in [2.24, 2.45) is 5.92 Å². The molecule has 2 N–H and O–H groups in total. The van der Waals surface area contributed by atoms with Gasteiger partial charge in [0.05, 0.1) is 33.7 Å². The van der Waals surface area contributed by atoms with Crippen molar-refractivity contribution < 1.29 is 4.79 Å². The lowest BCUT2D eigenvalue weighted by Gasteiger charge is -2.18. The number of amides is 1. The standard InChI is InChI=1S/C22H24ClN7O2S/c23-15-7-18-17(25-9-15)1-2-20(32)30(18)6-5-29-4-3-14(12-29)8-24-10-16-11-26-22-21(27-16)28-19(31)13-33-22/h1-2,7,9,11,14,24H,3-6,8,10,12-13H2,(H,27,28,31)/t14-/m0/s1. The third-order valence-corrected chi connectivity index (χ3v) is 7.13. The largest absolute Gasteiger partial charge is 0.311 e. The van der Waals surface area contributed by atoms with E-state index in [0.29, 0.717) is 35.6 Å². The number of nitrogens with zero attached hydrogens (tertiary/aromatic N) is 5. The Labute approximate surface area is 200 Å². The molecule has 0 radical (unpaired) electrons. The first-order chi connectivity index (χ1) is 16.0. The SMILES string of the molecule is O=C1CSc2ncc(CNC[C@@H]3CCN(CCn4c(=O)ccc5ncc(Cl)cc54)C3)nc2N1. The Bertz CT molecular complexity index is 1250. The normalized spacial score (nSPS) is 18.5. The van der Waals surface area contributed by atoms with Gasteiger partial charge >= 0.3 is 0 Å². The van der Waals surface area contributed by atoms with Gasteiger partial charge in [-0.05, 0) is 37.6 Å². The number of fused-ring (bicyclic) bond motifs is 2. The molecule has 11 heteroatoms. The summed E-state index contributed by atoms with van der Waals surface area (Å²) in [5, 5.41) is 7.55. The molecule has 0 aromatic carbocycles. The zero-order chi connectivity index (χ0) is 22.8. The van der Waals surface area contributed by atoms with E-state index in [1.54, 1.807) is 35.2 Å². The van der Waals surface area contributed by atoms with Gasteiger partial charge in [0.15, 0.2) is 5.82 Å². The number of nitrogens with one attached hydrogen (secondary N) is 2. The molecular weight excluding hydrogens is 462 g/mol. The topological polar surface area (TPSA) is 105 Å². The molecule has 0 unspecified atom stereocenters. The van der Waals surface area contributed by atoms with E-state index >= 15 is 0 Å². The fourth-order valence-corrected chi connectivity index (χ4v) is 5.14. The average molecular weight is 486 g/mol. The molecule has 172 valence electrons. The van der Waals surface area contributed by atoms with Gasteiger partial charge in [-0.25, -0.2) is 9.97 Å². The van der Waals surface area contributed by atoms with Gasteiger partial charge in [0.25, 0.3) is 5.56 Å². The van der Waals surface area contributed by atoms with Gasteiger partial charge in [0.1, 0.15) is 5.03 Å². The highest BCUT2D eigenvalue weighted by Crippen LogP contribution is 2.27. The molecule has 0 spiro atoms. The Morgan fingerprint density at radius 1 is 1.21 bits per heavy atom. The minimum Gasteiger partial charge on any atom is -0.311 e. The molecule has 1 atom stereocenters. The molecule has 3 aromatic rings. The van der Waals surface area contributed by atoms with Crippen molar-refractivity contribution in [3.8, 4) is 0 Å². The van der Waals surface area contributed by atoms with Crippen LogP contribution >= 0.6 is 23.4 Å². The second-order valence-electron chi connectivity index (χ2n) is 8.32. The average Bonchev–Trinajstić information content (AvgIpc) is 3.26. The summed E-state index contributed by atoms with van der Waals surface area (Å²) in [4.78, 5) is 39.6. The third kappa shape index (κ3) is 5.19. The van der Waals surface area contributed by atoms with Gasteiger partial charge < -0.3 is 20.1 Å². The first kappa shape index (κ1) is 22.3. The van der Waals surface area contributed by atoms with E-state index in [0.717, 1.165) is 54.4 Å². The first-order valence-electron chi connectivity index (χ1n) is 10.9. The monoisotopic (exact) mass is 485 g/mol. The molecule has 5 rings (SSSR count). The number of anilines is 1. The molecule has 3 aromatic heterocycles. The van der Waals surface area contributed by atoms with E-state index in [2.05, 4.69) is 30.5 Å². The van der Waals surface area contributed by atoms with Crippen LogP contribution in [0.5, 0.6) is 0 Å². The van der Waals surface area contributed by atoms with Crippen LogP contribution in [0, 0.1) is 5.92 Å². The Morgan fingerprint density at radius 2 is 2.12 bits per heavy atom. The van der Waals surface area contributed by atoms with Crippen LogP contribution in [-0.2, 0) is 17.9 Å². The molecule has 0 bridgehead atoms. The van der Waals surface area contributed by atoms with Gasteiger partial charge in [0.2, 0.25) is 5.91 Å². The quantitative estimate of drug-likeness (QED) is 0.523. The third-order valence-electron chi connectivity index (χ3n) is 5.94. The molecule has 2 aliphatic rings. The maximum absolute atomic E-state index is 12.4. The van der Waals surface area contributed by atoms with Gasteiger partial charge in [-0.15, -0.1) is 0 Å². The van der Waals surface area contributed by atoms with E-state index < -0.39 is 0 Å². The minimum atomic E-state index is -0.0388. The molecule has 0 aliphatic carbocycles. The molecule has 1 saturated heterocycles. The molecule has 1 fully saturated rings. The van der Waals surface area contributed by atoms with Crippen molar-refractivity contribution in [2.45, 2.75) is 24.5 Å². The lowest BCUT2D eigenvalue weighted by Crippen LogP contribution is -2.31. The summed E-state index contributed by atoms with van der Waals surface area (Å²) >= 11 is 7.51. The Balaban J connectivity index is 1.12. The van der Waals surface area contributed by atoms with Crippen LogP contribution in [0.1, 0.15) is 12.1 Å². The summed E-state index contributed by atoms with van der Waals surface area (Å²) in [7, 11) is 0. The van der Waals surface area contributed by atoms with Crippen molar-refractivity contribution in [2.75, 3.05) is 37.2 Å². The maximum atomic E-state index is 12.4. The van der Waals surface area contributed by atoms with Crippen LogP contribution in [0.15, 0.2) is 40.4 Å². The molecule has 1 amide bonds. The highest BCUT2D eigenvalue weighted by atomic mass is 35.5. The fraction of sp³-hybridized carbons (Fsp3) is 0.409. The van der Waals surface area contributed by atoms with Gasteiger partial charge in [-0.1, -0.05) is 23.4 Å². The predicted octanol–water partition coefficient (Wildman–Crippen LogP) is 2.00. The van der Waals surface area contributed by atoms with Crippen LogP contribution in [-0.4, -0.2) is 62.3 Å². The highest BCUT2D eigenvalue weighted by molar-refractivity contribution is 8.00. The van der Waals surface area contributed by atoms with Crippen molar-refractivity contribution in [1.82, 2.24) is 29.7 Å². The smallest absolute Gasteiger partial charge is 0.251 e. The number of rotatable bonds is 7. The first-order valence-corrected chi connectivity index (χ1v) is 12.3. The summed E-state index contributed by atoms with van der Waals surface area (Å²) in [6.45, 7) is 4.88. The van der Waals surface area contributed by atoms with Crippen LogP contribution < -0.4 is 16.2 Å². The Kier molecular flexibility index (Phi) is 6.59. The van der Waals surface area contributed by atoms with Crippen molar-refractivity contribution >= 4 is 46.1 Å². The second-order valence-corrected chi connectivity index (χ2v) is 9.72.